The molecular formula is C26H23FN2O5. The summed E-state index contributed by atoms with van der Waals surface area (Å²) >= 11 is 0. The number of aliphatic hydroxyl groups is 1. The van der Waals surface area contributed by atoms with Gasteiger partial charge in [0.2, 0.25) is 0 Å². The number of carbonyl (C=O) groups excluding carboxylic acids is 2. The van der Waals surface area contributed by atoms with Crippen molar-refractivity contribution in [3.05, 3.63) is 95.1 Å². The summed E-state index contributed by atoms with van der Waals surface area (Å²) in [5.74, 6) is -1.50. The van der Waals surface area contributed by atoms with Gasteiger partial charge in [0, 0.05) is 18.9 Å². The van der Waals surface area contributed by atoms with Crippen LogP contribution >= 0.6 is 0 Å². The first-order valence-corrected chi connectivity index (χ1v) is 10.6. The summed E-state index contributed by atoms with van der Waals surface area (Å²) in [7, 11) is 2.92. The number of ether oxygens (including phenoxy) is 2. The van der Waals surface area contributed by atoms with Crippen LogP contribution in [0.1, 0.15) is 22.7 Å². The molecule has 0 spiro atoms. The van der Waals surface area contributed by atoms with Crippen LogP contribution in [0.5, 0.6) is 11.5 Å². The molecule has 8 heteroatoms. The maximum Gasteiger partial charge on any atom is 0.295 e. The molecule has 34 heavy (non-hydrogen) atoms. The van der Waals surface area contributed by atoms with E-state index in [-0.39, 0.29) is 29.3 Å². The van der Waals surface area contributed by atoms with Gasteiger partial charge in [-0.15, -0.1) is 0 Å². The van der Waals surface area contributed by atoms with Gasteiger partial charge < -0.3 is 19.5 Å². The molecule has 3 aromatic rings. The average molecular weight is 462 g/mol. The summed E-state index contributed by atoms with van der Waals surface area (Å²) in [6, 6.07) is 13.3. The molecule has 1 atom stereocenters. The molecule has 0 radical (unpaired) electrons. The van der Waals surface area contributed by atoms with Crippen molar-refractivity contribution < 1.29 is 28.6 Å². The first-order chi connectivity index (χ1) is 16.4. The zero-order valence-corrected chi connectivity index (χ0v) is 18.7. The lowest BCUT2D eigenvalue weighted by Crippen LogP contribution is -2.31. The van der Waals surface area contributed by atoms with Crippen LogP contribution < -0.4 is 9.47 Å². The first-order valence-electron chi connectivity index (χ1n) is 10.6. The zero-order valence-electron chi connectivity index (χ0n) is 18.7. The highest BCUT2D eigenvalue weighted by Crippen LogP contribution is 2.41. The van der Waals surface area contributed by atoms with Crippen molar-refractivity contribution >= 4 is 17.4 Å². The zero-order chi connectivity index (χ0) is 24.2. The monoisotopic (exact) mass is 462 g/mol. The molecule has 1 aliphatic heterocycles. The van der Waals surface area contributed by atoms with Crippen LogP contribution in [0.2, 0.25) is 0 Å². The van der Waals surface area contributed by atoms with Crippen molar-refractivity contribution in [3.63, 3.8) is 0 Å². The lowest BCUT2D eigenvalue weighted by Gasteiger charge is -2.25. The van der Waals surface area contributed by atoms with Crippen LogP contribution in [0.15, 0.2) is 72.6 Å². The Bertz CT molecular complexity index is 1240. The third-order valence-electron chi connectivity index (χ3n) is 5.76. The molecule has 2 heterocycles. The number of aromatic nitrogens is 1. The van der Waals surface area contributed by atoms with Gasteiger partial charge in [0.15, 0.2) is 0 Å². The number of Topliss-reactive ketones (excluding diaryl/α,β-unsaturated/α-hetero) is 1. The first kappa shape index (κ1) is 23.0. The van der Waals surface area contributed by atoms with Crippen LogP contribution in [0.4, 0.5) is 4.39 Å². The van der Waals surface area contributed by atoms with Crippen LogP contribution in [0.25, 0.3) is 5.76 Å². The van der Waals surface area contributed by atoms with E-state index < -0.39 is 17.7 Å². The number of methoxy groups -OCH3 is 2. The summed E-state index contributed by atoms with van der Waals surface area (Å²) in [5, 5.41) is 11.3. The number of hydrogen-bond acceptors (Lipinski definition) is 6. The number of ketones is 1. The summed E-state index contributed by atoms with van der Waals surface area (Å²) < 4.78 is 23.9. The molecule has 1 amide bonds. The van der Waals surface area contributed by atoms with Crippen molar-refractivity contribution in [2.75, 3.05) is 20.8 Å². The highest BCUT2D eigenvalue weighted by atomic mass is 19.1. The van der Waals surface area contributed by atoms with E-state index in [0.717, 1.165) is 5.56 Å². The second-order valence-electron chi connectivity index (χ2n) is 7.72. The predicted octanol–water partition coefficient (Wildman–Crippen LogP) is 3.90. The fourth-order valence-electron chi connectivity index (χ4n) is 4.04. The Balaban J connectivity index is 1.80. The maximum atomic E-state index is 13.3. The van der Waals surface area contributed by atoms with Crippen LogP contribution in [0.3, 0.4) is 0 Å². The van der Waals surface area contributed by atoms with Gasteiger partial charge in [0.25, 0.3) is 11.7 Å². The highest BCUT2D eigenvalue weighted by Gasteiger charge is 2.46. The normalized spacial score (nSPS) is 17.1. The molecule has 1 aromatic heterocycles. The number of nitrogens with zero attached hydrogens (tertiary/aromatic N) is 2. The van der Waals surface area contributed by atoms with E-state index in [2.05, 4.69) is 4.98 Å². The fourth-order valence-corrected chi connectivity index (χ4v) is 4.04. The number of amides is 1. The molecule has 0 bridgehead atoms. The molecule has 0 saturated carbocycles. The van der Waals surface area contributed by atoms with Gasteiger partial charge >= 0.3 is 0 Å². The van der Waals surface area contributed by atoms with Gasteiger partial charge in [-0.05, 0) is 53.9 Å². The summed E-state index contributed by atoms with van der Waals surface area (Å²) in [6.45, 7) is 0.182. The Labute approximate surface area is 196 Å². The molecule has 1 unspecified atom stereocenters. The maximum absolute atomic E-state index is 13.3. The van der Waals surface area contributed by atoms with Crippen molar-refractivity contribution in [1.29, 1.82) is 0 Å². The van der Waals surface area contributed by atoms with Crippen molar-refractivity contribution in [3.8, 4) is 11.5 Å². The van der Waals surface area contributed by atoms with E-state index in [1.54, 1.807) is 54.9 Å². The SMILES string of the molecule is COc1ccc(OC)c(/C(O)=C2\C(=O)C(=O)N(CCc3ccc(F)cc3)C2c2cccnc2)c1. The Morgan fingerprint density at radius 2 is 1.85 bits per heavy atom. The minimum atomic E-state index is -0.856. The van der Waals surface area contributed by atoms with E-state index >= 15 is 0 Å². The van der Waals surface area contributed by atoms with Crippen molar-refractivity contribution in [2.45, 2.75) is 12.5 Å². The number of likely N-dealkylation sites (tertiary alicyclic amines) is 1. The molecule has 1 aliphatic rings. The molecule has 2 aromatic carbocycles. The molecule has 1 N–H and O–H groups in total. The van der Waals surface area contributed by atoms with E-state index in [1.165, 1.54) is 31.3 Å². The predicted molar refractivity (Wildman–Crippen MR) is 123 cm³/mol. The molecule has 0 aliphatic carbocycles. The number of pyridine rings is 1. The minimum absolute atomic E-state index is 0.0661. The highest BCUT2D eigenvalue weighted by molar-refractivity contribution is 6.46. The van der Waals surface area contributed by atoms with Crippen molar-refractivity contribution in [2.24, 2.45) is 0 Å². The topological polar surface area (TPSA) is 89.0 Å². The van der Waals surface area contributed by atoms with E-state index in [9.17, 15) is 19.1 Å². The molecule has 174 valence electrons. The fraction of sp³-hybridized carbons (Fsp3) is 0.192. The van der Waals surface area contributed by atoms with Crippen LogP contribution in [0, 0.1) is 5.82 Å². The average Bonchev–Trinajstić information content (AvgIpc) is 3.13. The van der Waals surface area contributed by atoms with Crippen LogP contribution in [-0.4, -0.2) is 47.4 Å². The summed E-state index contributed by atoms with van der Waals surface area (Å²) in [6.07, 6.45) is 3.53. The molecule has 4 rings (SSSR count). The minimum Gasteiger partial charge on any atom is -0.507 e. The molecule has 1 saturated heterocycles. The number of aliphatic hydroxyl groups excluding tert-OH is 1. The number of benzene rings is 2. The molecule has 7 nitrogen and oxygen atoms in total. The van der Waals surface area contributed by atoms with E-state index in [0.29, 0.717) is 23.5 Å². The summed E-state index contributed by atoms with van der Waals surface area (Å²) in [5.41, 5.74) is 1.54. The van der Waals surface area contributed by atoms with Crippen LogP contribution in [-0.2, 0) is 16.0 Å². The Morgan fingerprint density at radius 3 is 2.50 bits per heavy atom. The van der Waals surface area contributed by atoms with E-state index in [4.69, 9.17) is 9.47 Å². The Kier molecular flexibility index (Phi) is 6.58. The van der Waals surface area contributed by atoms with Gasteiger partial charge in [-0.1, -0.05) is 18.2 Å². The van der Waals surface area contributed by atoms with Gasteiger partial charge in [0.05, 0.1) is 31.4 Å². The lowest BCUT2D eigenvalue weighted by atomic mass is 9.95. The van der Waals surface area contributed by atoms with Crippen molar-refractivity contribution in [1.82, 2.24) is 9.88 Å². The van der Waals surface area contributed by atoms with Gasteiger partial charge in [-0.25, -0.2) is 4.39 Å². The summed E-state index contributed by atoms with van der Waals surface area (Å²) in [4.78, 5) is 31.8. The second-order valence-corrected chi connectivity index (χ2v) is 7.72. The van der Waals surface area contributed by atoms with Gasteiger partial charge in [0.1, 0.15) is 23.1 Å². The van der Waals surface area contributed by atoms with Gasteiger partial charge in [-0.3, -0.25) is 14.6 Å². The molecular weight excluding hydrogens is 439 g/mol. The third kappa shape index (κ3) is 4.34. The second kappa shape index (κ2) is 9.74. The Hall–Kier alpha value is -4.20. The number of halogens is 1. The molecule has 1 fully saturated rings. The smallest absolute Gasteiger partial charge is 0.295 e. The quantitative estimate of drug-likeness (QED) is 0.326. The largest absolute Gasteiger partial charge is 0.507 e. The lowest BCUT2D eigenvalue weighted by molar-refractivity contribution is -0.139. The van der Waals surface area contributed by atoms with E-state index in [1.807, 2.05) is 0 Å². The third-order valence-corrected chi connectivity index (χ3v) is 5.76. The Morgan fingerprint density at radius 1 is 1.09 bits per heavy atom. The number of rotatable bonds is 7. The number of hydrogen-bond donors (Lipinski definition) is 1. The van der Waals surface area contributed by atoms with Gasteiger partial charge in [-0.2, -0.15) is 0 Å². The standard InChI is InChI=1S/C26H23FN2O5/c1-33-19-9-10-21(34-2)20(14-19)24(30)22-23(17-4-3-12-28-15-17)29(26(32)25(22)31)13-11-16-5-7-18(27)8-6-16/h3-10,12,14-15,23,30H,11,13H2,1-2H3/b24-22+. The number of carbonyl (C=O) groups is 2.